The molecule has 0 saturated heterocycles. The summed E-state index contributed by atoms with van der Waals surface area (Å²) in [4.78, 5) is 17.7. The lowest BCUT2D eigenvalue weighted by Gasteiger charge is -2.19. The zero-order valence-corrected chi connectivity index (χ0v) is 20.1. The van der Waals surface area contributed by atoms with Gasteiger partial charge in [-0.1, -0.05) is 42.5 Å². The molecule has 2 heterocycles. The molecule has 0 N–H and O–H groups in total. The van der Waals surface area contributed by atoms with Crippen LogP contribution in [0, 0.1) is 5.82 Å². The zero-order chi connectivity index (χ0) is 23.9. The van der Waals surface area contributed by atoms with Gasteiger partial charge in [0.25, 0.3) is 15.9 Å². The molecule has 4 aromatic rings. The van der Waals surface area contributed by atoms with Gasteiger partial charge in [0.15, 0.2) is 4.80 Å². The molecule has 1 amide bonds. The maximum absolute atomic E-state index is 14.4. The molecule has 0 atom stereocenters. The summed E-state index contributed by atoms with van der Waals surface area (Å²) in [6.07, 6.45) is 1.42. The maximum Gasteiger partial charge on any atom is 0.279 e. The van der Waals surface area contributed by atoms with Crippen LogP contribution < -0.4 is 9.11 Å². The fourth-order valence-electron chi connectivity index (χ4n) is 4.21. The number of fused-ring (bicyclic) bond motifs is 2. The Morgan fingerprint density at radius 2 is 1.82 bits per heavy atom. The van der Waals surface area contributed by atoms with Crippen LogP contribution in [0.3, 0.4) is 0 Å². The summed E-state index contributed by atoms with van der Waals surface area (Å²) >= 11 is 1.25. The zero-order valence-electron chi connectivity index (χ0n) is 18.4. The van der Waals surface area contributed by atoms with Crippen molar-refractivity contribution >= 4 is 43.2 Å². The van der Waals surface area contributed by atoms with Crippen LogP contribution in [0.2, 0.25) is 0 Å². The molecule has 0 unspecified atom stereocenters. The highest BCUT2D eigenvalue weighted by Gasteiger charge is 2.30. The number of carbonyl (C=O) groups is 1. The van der Waals surface area contributed by atoms with E-state index in [9.17, 15) is 17.6 Å². The Bertz CT molecular complexity index is 1570. The van der Waals surface area contributed by atoms with E-state index >= 15 is 0 Å². The minimum Gasteiger partial charge on any atom is -0.314 e. The number of hydrogen-bond donors (Lipinski definition) is 0. The number of nitrogens with zero attached hydrogens (tertiary/aromatic N) is 3. The third-order valence-electron chi connectivity index (χ3n) is 5.83. The molecule has 0 saturated carbocycles. The monoisotopic (exact) mass is 495 g/mol. The van der Waals surface area contributed by atoms with Gasteiger partial charge in [-0.15, -0.1) is 0 Å². The van der Waals surface area contributed by atoms with Crippen LogP contribution in [0.25, 0.3) is 10.2 Å². The molecule has 0 radical (unpaired) electrons. The SMILES string of the molecule is CCCn1c(=NC(=O)c2ccc(S(=O)(=O)N3CCc4ccccc43)cc2)sc2cccc(F)c21. The van der Waals surface area contributed by atoms with Gasteiger partial charge in [-0.3, -0.25) is 9.10 Å². The van der Waals surface area contributed by atoms with E-state index in [-0.39, 0.29) is 16.3 Å². The largest absolute Gasteiger partial charge is 0.314 e. The molecule has 3 aromatic carbocycles. The van der Waals surface area contributed by atoms with Crippen molar-refractivity contribution in [1.82, 2.24) is 4.57 Å². The number of anilines is 1. The van der Waals surface area contributed by atoms with Crippen LogP contribution in [0.4, 0.5) is 10.1 Å². The highest BCUT2D eigenvalue weighted by Crippen LogP contribution is 2.32. The molecule has 1 aliphatic rings. The maximum atomic E-state index is 14.4. The number of aryl methyl sites for hydroxylation is 1. The number of amides is 1. The summed E-state index contributed by atoms with van der Waals surface area (Å²) in [5, 5.41) is 0. The molecule has 174 valence electrons. The summed E-state index contributed by atoms with van der Waals surface area (Å²) in [7, 11) is -3.74. The number of rotatable bonds is 5. The van der Waals surface area contributed by atoms with E-state index in [1.165, 1.54) is 46.0 Å². The van der Waals surface area contributed by atoms with Crippen LogP contribution in [0.15, 0.2) is 76.6 Å². The Morgan fingerprint density at radius 3 is 2.59 bits per heavy atom. The number of aromatic nitrogens is 1. The van der Waals surface area contributed by atoms with Gasteiger partial charge in [-0.25, -0.2) is 12.8 Å². The van der Waals surface area contributed by atoms with E-state index in [2.05, 4.69) is 4.99 Å². The average molecular weight is 496 g/mol. The second-order valence-electron chi connectivity index (χ2n) is 8.02. The third kappa shape index (κ3) is 3.84. The molecular weight excluding hydrogens is 473 g/mol. The first-order valence-electron chi connectivity index (χ1n) is 11.0. The fourth-order valence-corrected chi connectivity index (χ4v) is 6.78. The molecule has 0 aliphatic carbocycles. The van der Waals surface area contributed by atoms with Crippen molar-refractivity contribution in [1.29, 1.82) is 0 Å². The molecular formula is C25H22FN3O3S2. The van der Waals surface area contributed by atoms with Gasteiger partial charge in [0.05, 0.1) is 20.8 Å². The summed E-state index contributed by atoms with van der Waals surface area (Å²) in [5.74, 6) is -0.860. The number of halogens is 1. The van der Waals surface area contributed by atoms with E-state index in [1.807, 2.05) is 25.1 Å². The van der Waals surface area contributed by atoms with Crippen LogP contribution >= 0.6 is 11.3 Å². The van der Waals surface area contributed by atoms with Gasteiger partial charge >= 0.3 is 0 Å². The highest BCUT2D eigenvalue weighted by atomic mass is 32.2. The molecule has 1 aromatic heterocycles. The van der Waals surface area contributed by atoms with Gasteiger partial charge in [0.1, 0.15) is 5.82 Å². The van der Waals surface area contributed by atoms with Crippen molar-refractivity contribution in [2.45, 2.75) is 31.2 Å². The van der Waals surface area contributed by atoms with Crippen molar-refractivity contribution in [3.8, 4) is 0 Å². The second-order valence-corrected chi connectivity index (χ2v) is 10.9. The summed E-state index contributed by atoms with van der Waals surface area (Å²) < 4.78 is 44.7. The normalized spacial score (nSPS) is 14.1. The first-order chi connectivity index (χ1) is 16.4. The summed E-state index contributed by atoms with van der Waals surface area (Å²) in [6.45, 7) is 2.89. The molecule has 9 heteroatoms. The minimum absolute atomic E-state index is 0.116. The van der Waals surface area contributed by atoms with Crippen molar-refractivity contribution in [2.75, 3.05) is 10.8 Å². The topological polar surface area (TPSA) is 71.7 Å². The van der Waals surface area contributed by atoms with Crippen molar-refractivity contribution in [2.24, 2.45) is 4.99 Å². The number of benzene rings is 3. The fraction of sp³-hybridized carbons (Fsp3) is 0.200. The number of hydrogen-bond acceptors (Lipinski definition) is 4. The van der Waals surface area contributed by atoms with E-state index < -0.39 is 15.9 Å². The van der Waals surface area contributed by atoms with Crippen molar-refractivity contribution in [3.63, 3.8) is 0 Å². The van der Waals surface area contributed by atoms with E-state index in [1.54, 1.807) is 22.8 Å². The Morgan fingerprint density at radius 1 is 1.06 bits per heavy atom. The van der Waals surface area contributed by atoms with Gasteiger partial charge < -0.3 is 4.57 Å². The highest BCUT2D eigenvalue weighted by molar-refractivity contribution is 7.92. The van der Waals surface area contributed by atoms with Crippen molar-refractivity contribution < 1.29 is 17.6 Å². The van der Waals surface area contributed by atoms with E-state index in [0.717, 1.165) is 12.0 Å². The Hall–Kier alpha value is -3.30. The van der Waals surface area contributed by atoms with E-state index in [0.29, 0.717) is 40.2 Å². The third-order valence-corrected chi connectivity index (χ3v) is 8.70. The predicted molar refractivity (Wildman–Crippen MR) is 131 cm³/mol. The quantitative estimate of drug-likeness (QED) is 0.401. The molecule has 1 aliphatic heterocycles. The summed E-state index contributed by atoms with van der Waals surface area (Å²) in [6, 6.07) is 18.1. The van der Waals surface area contributed by atoms with Gasteiger partial charge in [-0.05, 0) is 60.9 Å². The molecule has 0 bridgehead atoms. The molecule has 5 rings (SSSR count). The van der Waals surface area contributed by atoms with E-state index in [4.69, 9.17) is 0 Å². The lowest BCUT2D eigenvalue weighted by molar-refractivity contribution is 0.0997. The van der Waals surface area contributed by atoms with Crippen LogP contribution in [-0.4, -0.2) is 25.4 Å². The van der Waals surface area contributed by atoms with Crippen LogP contribution in [0.5, 0.6) is 0 Å². The second kappa shape index (κ2) is 8.81. The van der Waals surface area contributed by atoms with Gasteiger partial charge in [0, 0.05) is 18.7 Å². The number of thiazole rings is 1. The van der Waals surface area contributed by atoms with Crippen LogP contribution in [0.1, 0.15) is 29.3 Å². The molecule has 34 heavy (non-hydrogen) atoms. The molecule has 0 fully saturated rings. The van der Waals surface area contributed by atoms with Gasteiger partial charge in [-0.2, -0.15) is 4.99 Å². The van der Waals surface area contributed by atoms with Crippen molar-refractivity contribution in [3.05, 3.63) is 88.5 Å². The number of para-hydroxylation sites is 2. The number of carbonyl (C=O) groups excluding carboxylic acids is 1. The number of sulfonamides is 1. The Labute approximate surface area is 200 Å². The first-order valence-corrected chi connectivity index (χ1v) is 13.2. The first kappa shape index (κ1) is 22.5. The molecule has 6 nitrogen and oxygen atoms in total. The Kier molecular flexibility index (Phi) is 5.83. The lowest BCUT2D eigenvalue weighted by Crippen LogP contribution is -2.29. The molecule has 0 spiro atoms. The lowest BCUT2D eigenvalue weighted by atomic mass is 10.2. The summed E-state index contributed by atoms with van der Waals surface area (Å²) in [5.41, 5.74) is 2.39. The standard InChI is InChI=1S/C25H22FN3O3S2/c1-2-15-28-23-20(26)7-5-9-22(23)33-25(28)27-24(30)18-10-12-19(13-11-18)34(31,32)29-16-14-17-6-3-4-8-21(17)29/h3-13H,2,14-16H2,1H3. The Balaban J connectivity index is 1.47. The minimum atomic E-state index is -3.74. The predicted octanol–water partition coefficient (Wildman–Crippen LogP) is 4.74. The average Bonchev–Trinajstić information content (AvgIpc) is 3.42. The smallest absolute Gasteiger partial charge is 0.279 e. The van der Waals surface area contributed by atoms with Gasteiger partial charge in [0.2, 0.25) is 0 Å². The van der Waals surface area contributed by atoms with Crippen LogP contribution in [-0.2, 0) is 23.0 Å².